The van der Waals surface area contributed by atoms with Crippen LogP contribution >= 0.6 is 0 Å². The van der Waals surface area contributed by atoms with Crippen LogP contribution in [-0.2, 0) is 20.2 Å². The summed E-state index contributed by atoms with van der Waals surface area (Å²) in [6.07, 6.45) is 0.862. The normalized spacial score (nSPS) is 26.5. The van der Waals surface area contributed by atoms with Gasteiger partial charge in [-0.1, -0.05) is 25.1 Å². The molecule has 1 unspecified atom stereocenters. The largest absolute Gasteiger partial charge is 0.337 e. The van der Waals surface area contributed by atoms with E-state index in [0.29, 0.717) is 6.61 Å². The van der Waals surface area contributed by atoms with Gasteiger partial charge in [0.15, 0.2) is 0 Å². The zero-order chi connectivity index (χ0) is 10.5. The summed E-state index contributed by atoms with van der Waals surface area (Å²) in [4.78, 5) is 17.2. The number of anilines is 1. The molecule has 4 nitrogen and oxygen atoms in total. The highest BCUT2D eigenvalue weighted by molar-refractivity contribution is 6.08. The van der Waals surface area contributed by atoms with Gasteiger partial charge in [-0.15, -0.1) is 0 Å². The smallest absolute Gasteiger partial charge is 0.318 e. The van der Waals surface area contributed by atoms with E-state index in [0.717, 1.165) is 17.7 Å². The summed E-state index contributed by atoms with van der Waals surface area (Å²) in [5.41, 5.74) is 1.63. The lowest BCUT2D eigenvalue weighted by molar-refractivity contribution is -0.275. The average Bonchev–Trinajstić information content (AvgIpc) is 2.73. The molecular formula is C11H11NO3. The van der Waals surface area contributed by atoms with Crippen molar-refractivity contribution in [3.8, 4) is 0 Å². The van der Waals surface area contributed by atoms with E-state index >= 15 is 0 Å². The predicted octanol–water partition coefficient (Wildman–Crippen LogP) is 1.56. The van der Waals surface area contributed by atoms with Crippen LogP contribution in [0.3, 0.4) is 0 Å². The van der Waals surface area contributed by atoms with E-state index in [-0.39, 0.29) is 5.91 Å². The first-order valence-corrected chi connectivity index (χ1v) is 5.07. The SMILES string of the molecule is CCCOC12ON(C1=O)c1ccccc12. The Morgan fingerprint density at radius 2 is 2.27 bits per heavy atom. The number of carbonyl (C=O) groups excluding carboxylic acids is 1. The first-order valence-electron chi connectivity index (χ1n) is 5.07. The molecule has 0 aromatic heterocycles. The van der Waals surface area contributed by atoms with Gasteiger partial charge in [0.2, 0.25) is 0 Å². The lowest BCUT2D eigenvalue weighted by Gasteiger charge is -2.36. The van der Waals surface area contributed by atoms with Crippen molar-refractivity contribution in [3.63, 3.8) is 0 Å². The molecule has 0 aliphatic carbocycles. The molecule has 0 spiro atoms. The fourth-order valence-electron chi connectivity index (χ4n) is 1.97. The van der Waals surface area contributed by atoms with Crippen LogP contribution in [0.2, 0.25) is 0 Å². The fraction of sp³-hybridized carbons (Fsp3) is 0.364. The van der Waals surface area contributed by atoms with E-state index in [1.165, 1.54) is 5.06 Å². The Hall–Kier alpha value is -1.39. The lowest BCUT2D eigenvalue weighted by Crippen LogP contribution is -2.57. The molecule has 2 bridgehead atoms. The van der Waals surface area contributed by atoms with E-state index in [1.807, 2.05) is 31.2 Å². The van der Waals surface area contributed by atoms with Gasteiger partial charge in [0.25, 0.3) is 0 Å². The number of para-hydroxylation sites is 1. The summed E-state index contributed by atoms with van der Waals surface area (Å²) in [7, 11) is 0. The standard InChI is InChI=1S/C11H11NO3/c1-2-7-14-11-8-5-3-4-6-9(8)12(15-11)10(11)13/h3-6H,2,7H2,1H3. The van der Waals surface area contributed by atoms with Crippen LogP contribution in [0, 0.1) is 0 Å². The molecule has 1 aromatic carbocycles. The minimum atomic E-state index is -1.13. The Labute approximate surface area is 87.3 Å². The van der Waals surface area contributed by atoms with Crippen molar-refractivity contribution in [1.82, 2.24) is 0 Å². The van der Waals surface area contributed by atoms with Crippen molar-refractivity contribution in [3.05, 3.63) is 29.8 Å². The molecule has 3 aliphatic rings. The Bertz CT molecular complexity index is 432. The Morgan fingerprint density at radius 3 is 3.00 bits per heavy atom. The van der Waals surface area contributed by atoms with Gasteiger partial charge in [0, 0.05) is 5.56 Å². The molecule has 15 heavy (non-hydrogen) atoms. The van der Waals surface area contributed by atoms with Gasteiger partial charge < -0.3 is 4.74 Å². The van der Waals surface area contributed by atoms with Crippen LogP contribution in [0.25, 0.3) is 0 Å². The highest BCUT2D eigenvalue weighted by Gasteiger charge is 2.66. The van der Waals surface area contributed by atoms with Gasteiger partial charge in [0.05, 0.1) is 12.3 Å². The van der Waals surface area contributed by atoms with Crippen LogP contribution in [0.1, 0.15) is 18.9 Å². The number of hydroxylamine groups is 1. The van der Waals surface area contributed by atoms with Crippen LogP contribution in [0.5, 0.6) is 0 Å². The zero-order valence-electron chi connectivity index (χ0n) is 8.40. The molecular weight excluding hydrogens is 194 g/mol. The second-order valence-corrected chi connectivity index (χ2v) is 3.67. The third kappa shape index (κ3) is 0.905. The third-order valence-electron chi connectivity index (χ3n) is 2.67. The Balaban J connectivity index is 2.02. The van der Waals surface area contributed by atoms with Gasteiger partial charge in [0.1, 0.15) is 0 Å². The first-order chi connectivity index (χ1) is 7.29. The molecule has 78 valence electrons. The van der Waals surface area contributed by atoms with Gasteiger partial charge in [-0.3, -0.25) is 4.79 Å². The number of hydrogen-bond donors (Lipinski definition) is 0. The maximum atomic E-state index is 11.8. The molecule has 0 saturated carbocycles. The van der Waals surface area contributed by atoms with Crippen molar-refractivity contribution < 1.29 is 14.4 Å². The van der Waals surface area contributed by atoms with E-state index in [4.69, 9.17) is 9.57 Å². The third-order valence-corrected chi connectivity index (χ3v) is 2.67. The highest BCUT2D eigenvalue weighted by atomic mass is 16.9. The second kappa shape index (κ2) is 2.81. The number of amides is 1. The highest BCUT2D eigenvalue weighted by Crippen LogP contribution is 2.52. The van der Waals surface area contributed by atoms with Gasteiger partial charge in [-0.2, -0.15) is 5.06 Å². The minimum absolute atomic E-state index is 0.114. The van der Waals surface area contributed by atoms with E-state index in [2.05, 4.69) is 0 Å². The van der Waals surface area contributed by atoms with E-state index in [9.17, 15) is 4.79 Å². The van der Waals surface area contributed by atoms with Crippen LogP contribution in [0.4, 0.5) is 5.69 Å². The number of carbonyl (C=O) groups is 1. The van der Waals surface area contributed by atoms with Crippen molar-refractivity contribution in [2.24, 2.45) is 0 Å². The molecule has 0 N–H and O–H groups in total. The summed E-state index contributed by atoms with van der Waals surface area (Å²) in [6, 6.07) is 7.49. The minimum Gasteiger partial charge on any atom is -0.337 e. The molecule has 1 fully saturated rings. The Kier molecular flexibility index (Phi) is 1.66. The summed E-state index contributed by atoms with van der Waals surface area (Å²) in [5, 5.41) is 1.30. The lowest BCUT2D eigenvalue weighted by atomic mass is 10.1. The number of ether oxygens (including phenoxy) is 1. The molecule has 3 heterocycles. The van der Waals surface area contributed by atoms with Gasteiger partial charge in [-0.25, -0.2) is 4.84 Å². The van der Waals surface area contributed by atoms with Gasteiger partial charge in [-0.05, 0) is 12.5 Å². The molecule has 1 saturated heterocycles. The summed E-state index contributed by atoms with van der Waals surface area (Å²) >= 11 is 0. The van der Waals surface area contributed by atoms with Crippen molar-refractivity contribution in [1.29, 1.82) is 0 Å². The zero-order valence-corrected chi connectivity index (χ0v) is 8.40. The molecule has 1 aromatic rings. The van der Waals surface area contributed by atoms with Gasteiger partial charge >= 0.3 is 11.7 Å². The molecule has 1 amide bonds. The fourth-order valence-corrected chi connectivity index (χ4v) is 1.97. The average molecular weight is 205 g/mol. The maximum Gasteiger partial charge on any atom is 0.318 e. The number of rotatable bonds is 3. The van der Waals surface area contributed by atoms with E-state index in [1.54, 1.807) is 0 Å². The van der Waals surface area contributed by atoms with Crippen molar-refractivity contribution in [2.45, 2.75) is 19.1 Å². The number of benzene rings is 1. The molecule has 3 aliphatic heterocycles. The number of hydrogen-bond acceptors (Lipinski definition) is 3. The maximum absolute atomic E-state index is 11.8. The quantitative estimate of drug-likeness (QED) is 0.751. The summed E-state index contributed by atoms with van der Waals surface area (Å²) in [5.74, 6) is -1.25. The molecule has 1 atom stereocenters. The van der Waals surface area contributed by atoms with Crippen LogP contribution in [-0.4, -0.2) is 12.5 Å². The Morgan fingerprint density at radius 1 is 1.47 bits per heavy atom. The second-order valence-electron chi connectivity index (χ2n) is 3.67. The summed E-state index contributed by atoms with van der Waals surface area (Å²) in [6.45, 7) is 2.52. The molecule has 4 heteroatoms. The monoisotopic (exact) mass is 205 g/mol. The first kappa shape index (κ1) is 8.88. The predicted molar refractivity (Wildman–Crippen MR) is 52.9 cm³/mol. The summed E-state index contributed by atoms with van der Waals surface area (Å²) < 4.78 is 5.53. The topological polar surface area (TPSA) is 38.8 Å². The molecule has 4 rings (SSSR count). The van der Waals surface area contributed by atoms with Crippen molar-refractivity contribution >= 4 is 11.6 Å². The van der Waals surface area contributed by atoms with Crippen molar-refractivity contribution in [2.75, 3.05) is 11.7 Å². The number of nitrogens with zero attached hydrogens (tertiary/aromatic N) is 1. The van der Waals surface area contributed by atoms with E-state index < -0.39 is 5.79 Å². The van der Waals surface area contributed by atoms with Crippen LogP contribution in [0.15, 0.2) is 24.3 Å². The molecule has 0 radical (unpaired) electrons. The van der Waals surface area contributed by atoms with Crippen LogP contribution < -0.4 is 5.06 Å².